The van der Waals surface area contributed by atoms with E-state index in [0.29, 0.717) is 6.07 Å². The van der Waals surface area contributed by atoms with E-state index in [1.54, 1.807) is 12.1 Å². The zero-order valence-electron chi connectivity index (χ0n) is 16.3. The van der Waals surface area contributed by atoms with Crippen molar-refractivity contribution in [2.45, 2.75) is 19.4 Å². The van der Waals surface area contributed by atoms with Crippen molar-refractivity contribution in [3.8, 4) is 0 Å². The van der Waals surface area contributed by atoms with Gasteiger partial charge in [-0.2, -0.15) is 0 Å². The fourth-order valence-corrected chi connectivity index (χ4v) is 2.48. The fraction of sp³-hybridized carbons (Fsp3) is 0.286. The summed E-state index contributed by atoms with van der Waals surface area (Å²) in [5, 5.41) is 2.42. The van der Waals surface area contributed by atoms with Crippen molar-refractivity contribution >= 4 is 17.8 Å². The minimum Gasteiger partial charge on any atom is -0.456 e. The highest BCUT2D eigenvalue weighted by Crippen LogP contribution is 2.09. The monoisotopic (exact) mass is 422 g/mol. The van der Waals surface area contributed by atoms with Crippen LogP contribution in [0.5, 0.6) is 0 Å². The van der Waals surface area contributed by atoms with Gasteiger partial charge in [0.1, 0.15) is 17.5 Å². The Hall–Kier alpha value is -3.36. The molecule has 160 valence electrons. The summed E-state index contributed by atoms with van der Waals surface area (Å²) in [6.45, 7) is -0.129. The number of carbonyl (C=O) groups is 3. The van der Waals surface area contributed by atoms with Gasteiger partial charge in [0.05, 0.1) is 5.56 Å². The van der Waals surface area contributed by atoms with Crippen molar-refractivity contribution in [1.82, 2.24) is 10.2 Å². The predicted octanol–water partition coefficient (Wildman–Crippen LogP) is 2.82. The molecule has 0 aliphatic heterocycles. The Morgan fingerprint density at radius 1 is 1.00 bits per heavy atom. The van der Waals surface area contributed by atoms with Crippen LogP contribution in [0, 0.1) is 17.5 Å². The molecule has 2 aromatic rings. The second-order valence-electron chi connectivity index (χ2n) is 6.52. The molecule has 30 heavy (non-hydrogen) atoms. The van der Waals surface area contributed by atoms with Crippen LogP contribution >= 0.6 is 0 Å². The number of nitrogens with one attached hydrogen (secondary N) is 1. The quantitative estimate of drug-likeness (QED) is 0.498. The lowest BCUT2D eigenvalue weighted by Gasteiger charge is -2.17. The lowest BCUT2D eigenvalue weighted by Crippen LogP contribution is -2.31. The normalized spacial score (nSPS) is 10.4. The molecule has 0 spiro atoms. The molecule has 0 radical (unpaired) electrons. The van der Waals surface area contributed by atoms with Crippen molar-refractivity contribution in [2.24, 2.45) is 0 Å². The van der Waals surface area contributed by atoms with Gasteiger partial charge in [-0.15, -0.1) is 0 Å². The molecule has 0 atom stereocenters. The maximum absolute atomic E-state index is 13.5. The molecule has 0 aliphatic rings. The number of benzene rings is 2. The van der Waals surface area contributed by atoms with E-state index in [1.165, 1.54) is 24.1 Å². The van der Waals surface area contributed by atoms with Crippen LogP contribution in [0.4, 0.5) is 13.2 Å². The van der Waals surface area contributed by atoms with Gasteiger partial charge in [-0.1, -0.05) is 12.1 Å². The molecule has 6 nitrogen and oxygen atoms in total. The molecule has 0 unspecified atom stereocenters. The number of nitrogens with zero attached hydrogens (tertiary/aromatic N) is 1. The molecule has 9 heteroatoms. The van der Waals surface area contributed by atoms with Crippen molar-refractivity contribution in [1.29, 1.82) is 0 Å². The van der Waals surface area contributed by atoms with Crippen LogP contribution in [0.15, 0.2) is 42.5 Å². The van der Waals surface area contributed by atoms with Crippen LogP contribution in [0.3, 0.4) is 0 Å². The number of amides is 2. The predicted molar refractivity (Wildman–Crippen MR) is 102 cm³/mol. The third-order valence-electron chi connectivity index (χ3n) is 4.13. The Morgan fingerprint density at radius 3 is 2.33 bits per heavy atom. The van der Waals surface area contributed by atoms with Crippen LogP contribution in [0.25, 0.3) is 0 Å². The van der Waals surface area contributed by atoms with Gasteiger partial charge in [-0.05, 0) is 36.2 Å². The average molecular weight is 422 g/mol. The molecule has 0 bridgehead atoms. The minimum absolute atomic E-state index is 0.0544. The van der Waals surface area contributed by atoms with Crippen molar-refractivity contribution in [3.63, 3.8) is 0 Å². The highest BCUT2D eigenvalue weighted by molar-refractivity contribution is 5.94. The maximum Gasteiger partial charge on any atom is 0.306 e. The summed E-state index contributed by atoms with van der Waals surface area (Å²) in [5.41, 5.74) is 0.431. The molecule has 0 saturated heterocycles. The van der Waals surface area contributed by atoms with Crippen LogP contribution < -0.4 is 5.32 Å². The third kappa shape index (κ3) is 7.23. The van der Waals surface area contributed by atoms with E-state index >= 15 is 0 Å². The first-order chi connectivity index (χ1) is 14.3. The Morgan fingerprint density at radius 2 is 1.67 bits per heavy atom. The van der Waals surface area contributed by atoms with E-state index in [2.05, 4.69) is 5.32 Å². The molecule has 0 heterocycles. The van der Waals surface area contributed by atoms with Crippen molar-refractivity contribution in [2.75, 3.05) is 20.2 Å². The summed E-state index contributed by atoms with van der Waals surface area (Å²) in [4.78, 5) is 36.9. The Bertz CT molecular complexity index is 904. The van der Waals surface area contributed by atoms with Crippen LogP contribution in [0.2, 0.25) is 0 Å². The Labute approximate surface area is 171 Å². The number of esters is 1. The fourth-order valence-electron chi connectivity index (χ4n) is 2.48. The zero-order valence-corrected chi connectivity index (χ0v) is 16.3. The lowest BCUT2D eigenvalue weighted by atomic mass is 10.2. The first-order valence-corrected chi connectivity index (χ1v) is 9.13. The number of hydrogen-bond acceptors (Lipinski definition) is 4. The molecule has 2 rings (SSSR count). The van der Waals surface area contributed by atoms with Gasteiger partial charge in [0.2, 0.25) is 0 Å². The van der Waals surface area contributed by atoms with Gasteiger partial charge in [-0.25, -0.2) is 13.2 Å². The van der Waals surface area contributed by atoms with Crippen LogP contribution in [-0.4, -0.2) is 42.9 Å². The van der Waals surface area contributed by atoms with Gasteiger partial charge in [0, 0.05) is 32.6 Å². The Kier molecular flexibility index (Phi) is 8.40. The van der Waals surface area contributed by atoms with E-state index in [1.807, 2.05) is 0 Å². The number of hydrogen-bond donors (Lipinski definition) is 1. The molecular weight excluding hydrogens is 401 g/mol. The standard InChI is InChI=1S/C21H21F3N2O4/c1-26(12-14-4-6-15(22)7-5-14)19(27)13-30-20(28)3-2-10-25-21(29)17-9-8-16(23)11-18(17)24/h4-9,11H,2-3,10,12-13H2,1H3,(H,25,29). The van der Waals surface area contributed by atoms with Gasteiger partial charge < -0.3 is 15.0 Å². The minimum atomic E-state index is -0.977. The zero-order chi connectivity index (χ0) is 22.1. The third-order valence-corrected chi connectivity index (χ3v) is 4.13. The molecular formula is C21H21F3N2O4. The topological polar surface area (TPSA) is 75.7 Å². The summed E-state index contributed by atoms with van der Waals surface area (Å²) in [7, 11) is 1.53. The lowest BCUT2D eigenvalue weighted by molar-refractivity contribution is -0.151. The summed E-state index contributed by atoms with van der Waals surface area (Å²) in [6.07, 6.45) is 0.161. The van der Waals surface area contributed by atoms with E-state index in [-0.39, 0.29) is 37.3 Å². The van der Waals surface area contributed by atoms with Crippen molar-refractivity contribution in [3.05, 3.63) is 71.0 Å². The summed E-state index contributed by atoms with van der Waals surface area (Å²) >= 11 is 0. The van der Waals surface area contributed by atoms with Gasteiger partial charge in [-0.3, -0.25) is 14.4 Å². The summed E-state index contributed by atoms with van der Waals surface area (Å²) < 4.78 is 44.1. The molecule has 0 saturated carbocycles. The second kappa shape index (κ2) is 11.0. The van der Waals surface area contributed by atoms with Gasteiger partial charge >= 0.3 is 5.97 Å². The van der Waals surface area contributed by atoms with Crippen LogP contribution in [0.1, 0.15) is 28.8 Å². The average Bonchev–Trinajstić information content (AvgIpc) is 2.70. The van der Waals surface area contributed by atoms with Gasteiger partial charge in [0.25, 0.3) is 11.8 Å². The SMILES string of the molecule is CN(Cc1ccc(F)cc1)C(=O)COC(=O)CCCNC(=O)c1ccc(F)cc1F. The molecule has 0 fully saturated rings. The number of halogens is 3. The van der Waals surface area contributed by atoms with Gasteiger partial charge in [0.15, 0.2) is 6.61 Å². The molecule has 1 N–H and O–H groups in total. The summed E-state index contributed by atoms with van der Waals surface area (Å²) in [5.74, 6) is -3.91. The van der Waals surface area contributed by atoms with E-state index in [0.717, 1.165) is 17.7 Å². The molecule has 2 amide bonds. The molecule has 2 aromatic carbocycles. The first kappa shape index (κ1) is 22.9. The number of carbonyl (C=O) groups excluding carboxylic acids is 3. The highest BCUT2D eigenvalue weighted by Gasteiger charge is 2.14. The number of likely N-dealkylation sites (N-methyl/N-ethyl adjacent to an activating group) is 1. The largest absolute Gasteiger partial charge is 0.456 e. The first-order valence-electron chi connectivity index (χ1n) is 9.13. The smallest absolute Gasteiger partial charge is 0.306 e. The van der Waals surface area contributed by atoms with Crippen molar-refractivity contribution < 1.29 is 32.3 Å². The van der Waals surface area contributed by atoms with E-state index in [4.69, 9.17) is 4.74 Å². The number of ether oxygens (including phenoxy) is 1. The van der Waals surface area contributed by atoms with E-state index in [9.17, 15) is 27.6 Å². The molecule has 0 aromatic heterocycles. The molecule has 0 aliphatic carbocycles. The summed E-state index contributed by atoms with van der Waals surface area (Å²) in [6, 6.07) is 8.29. The van der Waals surface area contributed by atoms with Crippen LogP contribution in [-0.2, 0) is 20.9 Å². The second-order valence-corrected chi connectivity index (χ2v) is 6.52. The maximum atomic E-state index is 13.5. The highest BCUT2D eigenvalue weighted by atomic mass is 19.1. The number of rotatable bonds is 9. The van der Waals surface area contributed by atoms with E-state index < -0.39 is 36.0 Å². The Balaban J connectivity index is 1.65.